The second-order valence-electron chi connectivity index (χ2n) is 18.8. The third-order valence-electron chi connectivity index (χ3n) is 14.0. The third kappa shape index (κ3) is 10.2. The van der Waals surface area contributed by atoms with Gasteiger partial charge in [0.15, 0.2) is 0 Å². The maximum Gasteiger partial charge on any atom is 0.234 e. The Labute approximate surface area is 409 Å². The molecule has 9 rings (SSSR count). The molecule has 15 nitrogen and oxygen atoms in total. The summed E-state index contributed by atoms with van der Waals surface area (Å²) < 4.78 is 50.9. The van der Waals surface area contributed by atoms with Crippen molar-refractivity contribution in [1.82, 2.24) is 30.1 Å². The Morgan fingerprint density at radius 1 is 0.899 bits per heavy atom. The van der Waals surface area contributed by atoms with E-state index >= 15 is 8.78 Å². The molecule has 4 aliphatic heterocycles. The number of ether oxygens (including phenoxy) is 1. The van der Waals surface area contributed by atoms with E-state index in [4.69, 9.17) is 9.72 Å². The molecule has 3 N–H and O–H groups in total. The van der Waals surface area contributed by atoms with Crippen LogP contribution in [-0.2, 0) is 25.4 Å². The maximum atomic E-state index is 15.3. The van der Waals surface area contributed by atoms with Crippen molar-refractivity contribution in [2.45, 2.75) is 64.3 Å². The quantitative estimate of drug-likeness (QED) is 0.0819. The van der Waals surface area contributed by atoms with Crippen LogP contribution in [0.15, 0.2) is 59.2 Å². The summed E-state index contributed by atoms with van der Waals surface area (Å²) in [6.45, 7) is 13.0. The number of pyridine rings is 1. The molecule has 3 aromatic carbocycles. The van der Waals surface area contributed by atoms with E-state index < -0.39 is 36.5 Å². The molecule has 19 heteroatoms. The number of carbonyl (C=O) groups excluding carboxylic acids is 3. The first-order valence-electron chi connectivity index (χ1n) is 23.7. The fourth-order valence-corrected chi connectivity index (χ4v) is 12.3. The first-order valence-corrected chi connectivity index (χ1v) is 27.1. The molecule has 69 heavy (non-hydrogen) atoms. The molecule has 6 heterocycles. The van der Waals surface area contributed by atoms with Crippen molar-refractivity contribution < 1.29 is 32.5 Å². The summed E-state index contributed by atoms with van der Waals surface area (Å²) in [5.74, 6) is -2.50. The predicted molar refractivity (Wildman–Crippen MR) is 269 cm³/mol. The van der Waals surface area contributed by atoms with Gasteiger partial charge in [0.25, 0.3) is 0 Å². The first kappa shape index (κ1) is 48.3. The van der Waals surface area contributed by atoms with Crippen LogP contribution in [0.1, 0.15) is 61.8 Å². The minimum atomic E-state index is -2.75. The second-order valence-corrected chi connectivity index (χ2v) is 22.8. The Balaban J connectivity index is 0.796. The highest BCUT2D eigenvalue weighted by Gasteiger charge is 2.37. The van der Waals surface area contributed by atoms with Gasteiger partial charge in [-0.2, -0.15) is 4.98 Å². The zero-order chi connectivity index (χ0) is 48.7. The van der Waals surface area contributed by atoms with Crippen molar-refractivity contribution in [2.24, 2.45) is 5.92 Å². The molecule has 0 radical (unpaired) electrons. The summed E-state index contributed by atoms with van der Waals surface area (Å²) in [5.41, 5.74) is 5.41. The number of aromatic nitrogens is 3. The normalized spacial score (nSPS) is 19.6. The number of carbonyl (C=O) groups is 3. The summed E-state index contributed by atoms with van der Waals surface area (Å²) in [6, 6.07) is 14.8. The summed E-state index contributed by atoms with van der Waals surface area (Å²) in [6.07, 6.45) is 5.11. The van der Waals surface area contributed by atoms with E-state index in [1.165, 1.54) is 12.1 Å². The van der Waals surface area contributed by atoms with E-state index in [1.807, 2.05) is 41.0 Å². The minimum Gasteiger partial charge on any atom is -0.494 e. The topological polar surface area (TPSA) is 165 Å². The lowest BCUT2D eigenvalue weighted by molar-refractivity contribution is -0.137. The molecule has 4 aliphatic rings. The molecule has 0 saturated carbocycles. The fraction of sp³-hybridized carbons (Fsp3) is 0.440. The number of anilines is 6. The first-order chi connectivity index (χ1) is 33.1. The molecule has 2 atom stereocenters. The van der Waals surface area contributed by atoms with Gasteiger partial charge in [-0.05, 0) is 110 Å². The van der Waals surface area contributed by atoms with E-state index in [0.29, 0.717) is 77.3 Å². The monoisotopic (exact) mass is 1030 g/mol. The molecule has 4 saturated heterocycles. The van der Waals surface area contributed by atoms with Crippen molar-refractivity contribution in [3.63, 3.8) is 0 Å². The summed E-state index contributed by atoms with van der Waals surface area (Å²) >= 11 is 3.61. The van der Waals surface area contributed by atoms with Gasteiger partial charge in [-0.3, -0.25) is 29.6 Å². The number of piperidine rings is 2. The molecule has 2 aromatic heterocycles. The van der Waals surface area contributed by atoms with Crippen molar-refractivity contribution in [1.29, 1.82) is 0 Å². The second kappa shape index (κ2) is 20.0. The summed E-state index contributed by atoms with van der Waals surface area (Å²) in [4.78, 5) is 60.5. The number of imide groups is 1. The Hall–Kier alpha value is -5.71. The highest BCUT2D eigenvalue weighted by molar-refractivity contribution is 9.10. The fourth-order valence-electron chi connectivity index (χ4n) is 10.5. The van der Waals surface area contributed by atoms with Crippen LogP contribution in [0.2, 0.25) is 0 Å². The molecule has 364 valence electrons. The van der Waals surface area contributed by atoms with Gasteiger partial charge >= 0.3 is 0 Å². The zero-order valence-electron chi connectivity index (χ0n) is 39.6. The number of piperazine rings is 1. The molecule has 0 spiro atoms. The van der Waals surface area contributed by atoms with Crippen LogP contribution >= 0.6 is 23.1 Å². The van der Waals surface area contributed by atoms with Crippen LogP contribution in [-0.4, -0.2) is 121 Å². The largest absolute Gasteiger partial charge is 0.494 e. The van der Waals surface area contributed by atoms with Gasteiger partial charge in [0.05, 0.1) is 40.3 Å². The highest BCUT2D eigenvalue weighted by Crippen LogP contribution is 2.43. The molecule has 0 aliphatic carbocycles. The lowest BCUT2D eigenvalue weighted by Crippen LogP contribution is -2.55. The third-order valence-corrected chi connectivity index (χ3v) is 16.2. The standard InChI is InChI=1S/C50H58BrF2N10O5P/c1-6-30-23-41(57-50-54-27-36(51)47(59-50)56-40-11-10-39-34(8-7-29(2)55-39)46(40)69(4,5)67)43(68-3)26-42(30)61-17-14-32(15-18-61)60-19-21-62(22-20-60)49(66)31-13-16-63(28-31)33-24-37(52)45(38(53)25-33)35-9-12-44(64)58-48(35)65/h7-8,10-11,23-27,31-32,35H,6,9,12-22,28H2,1-5H3,(H,58,64,65)(H2,54,56,57,59)/t31-,35?/m1/s1. The smallest absolute Gasteiger partial charge is 0.234 e. The van der Waals surface area contributed by atoms with Crippen LogP contribution in [0.4, 0.5) is 43.3 Å². The van der Waals surface area contributed by atoms with Crippen LogP contribution in [0.25, 0.3) is 10.9 Å². The van der Waals surface area contributed by atoms with Crippen LogP contribution in [0, 0.1) is 24.5 Å². The molecule has 3 amide bonds. The van der Waals surface area contributed by atoms with Crippen molar-refractivity contribution in [3.05, 3.63) is 87.7 Å². The van der Waals surface area contributed by atoms with Crippen molar-refractivity contribution >= 4 is 91.5 Å². The van der Waals surface area contributed by atoms with E-state index in [2.05, 4.69) is 70.7 Å². The van der Waals surface area contributed by atoms with Gasteiger partial charge in [0.2, 0.25) is 23.7 Å². The van der Waals surface area contributed by atoms with Crippen molar-refractivity contribution in [2.75, 3.05) is 93.2 Å². The minimum absolute atomic E-state index is 0.0262. The Morgan fingerprint density at radius 2 is 1.62 bits per heavy atom. The number of hydrogen-bond acceptors (Lipinski definition) is 13. The number of benzene rings is 3. The van der Waals surface area contributed by atoms with E-state index in [1.54, 1.807) is 26.6 Å². The Morgan fingerprint density at radius 3 is 2.30 bits per heavy atom. The summed E-state index contributed by atoms with van der Waals surface area (Å²) in [7, 11) is -1.09. The number of amides is 3. The molecule has 0 bridgehead atoms. The molecule has 1 unspecified atom stereocenters. The predicted octanol–water partition coefficient (Wildman–Crippen LogP) is 7.84. The molecular weight excluding hydrogens is 969 g/mol. The van der Waals surface area contributed by atoms with Gasteiger partial charge in [-0.1, -0.05) is 13.0 Å². The molecular formula is C50H58BrF2N10O5P. The Kier molecular flexibility index (Phi) is 14.0. The number of nitrogens with zero attached hydrogens (tertiary/aromatic N) is 7. The van der Waals surface area contributed by atoms with Crippen LogP contribution in [0.5, 0.6) is 5.75 Å². The van der Waals surface area contributed by atoms with Gasteiger partial charge in [0, 0.05) is 110 Å². The van der Waals surface area contributed by atoms with Crippen LogP contribution < -0.4 is 35.8 Å². The van der Waals surface area contributed by atoms with Gasteiger partial charge in [-0.25, -0.2) is 13.8 Å². The average Bonchev–Trinajstić information content (AvgIpc) is 3.83. The SMILES string of the molecule is CCc1cc(Nc2ncc(Br)c(Nc3ccc4nc(C)ccc4c3P(C)(C)=O)n2)c(OC)cc1N1CCC(N2CCN(C(=O)[C@@H]3CCN(c4cc(F)c(C5CCC(=O)NC5=O)c(F)c4)C3)CC2)CC1. The van der Waals surface area contributed by atoms with Crippen LogP contribution in [0.3, 0.4) is 0 Å². The van der Waals surface area contributed by atoms with E-state index in [-0.39, 0.29) is 30.2 Å². The van der Waals surface area contributed by atoms with E-state index in [0.717, 1.165) is 79.0 Å². The number of fused-ring (bicyclic) bond motifs is 1. The average molecular weight is 1030 g/mol. The maximum absolute atomic E-state index is 15.3. The lowest BCUT2D eigenvalue weighted by Gasteiger charge is -2.44. The van der Waals surface area contributed by atoms with Crippen molar-refractivity contribution in [3.8, 4) is 5.75 Å². The highest BCUT2D eigenvalue weighted by atomic mass is 79.9. The zero-order valence-corrected chi connectivity index (χ0v) is 42.1. The van der Waals surface area contributed by atoms with Gasteiger partial charge in [0.1, 0.15) is 30.3 Å². The number of rotatable bonds is 12. The Bertz CT molecular complexity index is 2850. The number of aryl methyl sites for hydroxylation is 2. The lowest BCUT2D eigenvalue weighted by atomic mass is 9.89. The number of hydrogen-bond donors (Lipinski definition) is 3. The van der Waals surface area contributed by atoms with Gasteiger partial charge < -0.3 is 34.6 Å². The summed E-state index contributed by atoms with van der Waals surface area (Å²) in [5, 5.41) is 10.5. The van der Waals surface area contributed by atoms with E-state index in [9.17, 15) is 18.9 Å². The number of nitrogens with one attached hydrogen (secondary N) is 3. The molecule has 5 aromatic rings. The number of halogens is 3. The number of methoxy groups -OCH3 is 1. The van der Waals surface area contributed by atoms with Gasteiger partial charge in [-0.15, -0.1) is 0 Å². The molecule has 4 fully saturated rings.